The lowest BCUT2D eigenvalue weighted by atomic mass is 9.48. The first-order chi connectivity index (χ1) is 10.8. The minimum Gasteiger partial charge on any atom is -0.455 e. The molecule has 0 aliphatic heterocycles. The molecule has 4 rings (SSSR count). The number of ether oxygens (including phenoxy) is 1. The zero-order chi connectivity index (χ0) is 16.7. The van der Waals surface area contributed by atoms with E-state index in [1.54, 1.807) is 6.92 Å². The molecular formula is C16H24N2O5. The fourth-order valence-corrected chi connectivity index (χ4v) is 5.10. The van der Waals surface area contributed by atoms with Crippen molar-refractivity contribution in [3.63, 3.8) is 0 Å². The number of hydrogen-bond acceptors (Lipinski definition) is 5. The van der Waals surface area contributed by atoms with E-state index in [1.807, 2.05) is 0 Å². The highest BCUT2D eigenvalue weighted by Gasteiger charge is 2.60. The van der Waals surface area contributed by atoms with Crippen LogP contribution in [0.1, 0.15) is 45.4 Å². The average Bonchev–Trinajstić information content (AvgIpc) is 2.42. The number of hydrogen-bond donors (Lipinski definition) is 3. The largest absolute Gasteiger partial charge is 0.455 e. The minimum absolute atomic E-state index is 0.373. The van der Waals surface area contributed by atoms with Crippen LogP contribution in [0.25, 0.3) is 0 Å². The molecule has 0 saturated heterocycles. The summed E-state index contributed by atoms with van der Waals surface area (Å²) in [6, 6.07) is -0.599. The molecule has 0 heterocycles. The number of urea groups is 1. The summed E-state index contributed by atoms with van der Waals surface area (Å²) in [6.45, 7) is 1.68. The number of imide groups is 1. The maximum absolute atomic E-state index is 12.5. The number of carbonyl (C=O) groups is 3. The van der Waals surface area contributed by atoms with E-state index in [1.165, 1.54) is 0 Å². The van der Waals surface area contributed by atoms with Crippen LogP contribution in [0.15, 0.2) is 0 Å². The van der Waals surface area contributed by atoms with Crippen molar-refractivity contribution in [2.75, 3.05) is 13.2 Å². The smallest absolute Gasteiger partial charge is 0.321 e. The highest BCUT2D eigenvalue weighted by molar-refractivity contribution is 5.95. The summed E-state index contributed by atoms with van der Waals surface area (Å²) in [5, 5.41) is 15.2. The van der Waals surface area contributed by atoms with Crippen LogP contribution in [0.5, 0.6) is 0 Å². The zero-order valence-corrected chi connectivity index (χ0v) is 13.4. The zero-order valence-electron chi connectivity index (χ0n) is 13.4. The van der Waals surface area contributed by atoms with Gasteiger partial charge < -0.3 is 15.2 Å². The molecule has 0 radical (unpaired) electrons. The summed E-state index contributed by atoms with van der Waals surface area (Å²) < 4.78 is 5.17. The Morgan fingerprint density at radius 1 is 1.17 bits per heavy atom. The van der Waals surface area contributed by atoms with E-state index in [-0.39, 0.29) is 0 Å². The molecule has 23 heavy (non-hydrogen) atoms. The van der Waals surface area contributed by atoms with Crippen molar-refractivity contribution >= 4 is 17.9 Å². The summed E-state index contributed by atoms with van der Waals surface area (Å²) in [5.41, 5.74) is -1.39. The Labute approximate surface area is 135 Å². The van der Waals surface area contributed by atoms with Crippen molar-refractivity contribution in [1.82, 2.24) is 10.6 Å². The van der Waals surface area contributed by atoms with Gasteiger partial charge in [-0.05, 0) is 57.3 Å². The van der Waals surface area contributed by atoms with Crippen molar-refractivity contribution in [3.05, 3.63) is 0 Å². The predicted octanol–water partition coefficient (Wildman–Crippen LogP) is 0.707. The fraction of sp³-hybridized carbons (Fsp3) is 0.812. The summed E-state index contributed by atoms with van der Waals surface area (Å²) in [4.78, 5) is 35.4. The molecular weight excluding hydrogens is 300 g/mol. The molecule has 3 N–H and O–H groups in total. The summed E-state index contributed by atoms with van der Waals surface area (Å²) >= 11 is 0. The Morgan fingerprint density at radius 3 is 2.39 bits per heavy atom. The van der Waals surface area contributed by atoms with Gasteiger partial charge in [-0.15, -0.1) is 0 Å². The molecule has 3 amide bonds. The van der Waals surface area contributed by atoms with Crippen LogP contribution in [0.4, 0.5) is 4.79 Å². The fourth-order valence-electron chi connectivity index (χ4n) is 5.10. The monoisotopic (exact) mass is 324 g/mol. The van der Waals surface area contributed by atoms with E-state index >= 15 is 0 Å². The number of carbonyl (C=O) groups excluding carboxylic acids is 3. The van der Waals surface area contributed by atoms with Gasteiger partial charge in [0.2, 0.25) is 0 Å². The maximum Gasteiger partial charge on any atom is 0.321 e. The van der Waals surface area contributed by atoms with Crippen LogP contribution < -0.4 is 10.6 Å². The molecule has 2 unspecified atom stereocenters. The molecule has 4 saturated carbocycles. The number of aliphatic hydroxyl groups is 1. The normalized spacial score (nSPS) is 37.3. The molecule has 4 bridgehead atoms. The van der Waals surface area contributed by atoms with Gasteiger partial charge in [0, 0.05) is 6.54 Å². The quantitative estimate of drug-likeness (QED) is 0.661. The molecule has 128 valence electrons. The third-order valence-electron chi connectivity index (χ3n) is 5.39. The van der Waals surface area contributed by atoms with E-state index in [4.69, 9.17) is 4.74 Å². The highest BCUT2D eigenvalue weighted by Crippen LogP contribution is 2.61. The summed E-state index contributed by atoms with van der Waals surface area (Å²) in [7, 11) is 0. The van der Waals surface area contributed by atoms with Crippen LogP contribution in [0, 0.1) is 17.3 Å². The number of rotatable bonds is 4. The van der Waals surface area contributed by atoms with Crippen LogP contribution in [0.2, 0.25) is 0 Å². The Kier molecular flexibility index (Phi) is 4.08. The standard InChI is InChI=1S/C16H24N2O5/c1-2-17-14(21)18-12(19)8-23-13(20)15-4-10-3-11(5-15)7-16(22,6-10)9-15/h10-11,22H,2-9H2,1H3,(H2,17,18,19,21)/t10-,11+,15?,16?. The molecule has 4 aliphatic carbocycles. The second-order valence-electron chi connectivity index (χ2n) is 7.45. The third-order valence-corrected chi connectivity index (χ3v) is 5.39. The molecule has 0 aromatic carbocycles. The molecule has 7 nitrogen and oxygen atoms in total. The van der Waals surface area contributed by atoms with Crippen molar-refractivity contribution in [3.8, 4) is 0 Å². The van der Waals surface area contributed by atoms with Gasteiger partial charge in [-0.2, -0.15) is 0 Å². The van der Waals surface area contributed by atoms with E-state index in [2.05, 4.69) is 10.6 Å². The molecule has 7 heteroatoms. The predicted molar refractivity (Wildman–Crippen MR) is 80.2 cm³/mol. The van der Waals surface area contributed by atoms with Gasteiger partial charge in [-0.1, -0.05) is 0 Å². The van der Waals surface area contributed by atoms with Crippen LogP contribution in [-0.4, -0.2) is 41.8 Å². The first-order valence-electron chi connectivity index (χ1n) is 8.31. The lowest BCUT2D eigenvalue weighted by molar-refractivity contribution is -0.196. The Bertz CT molecular complexity index is 519. The lowest BCUT2D eigenvalue weighted by Gasteiger charge is -2.58. The maximum atomic E-state index is 12.5. The Hall–Kier alpha value is -1.63. The van der Waals surface area contributed by atoms with Crippen LogP contribution >= 0.6 is 0 Å². The van der Waals surface area contributed by atoms with Crippen molar-refractivity contribution < 1.29 is 24.2 Å². The van der Waals surface area contributed by atoms with Gasteiger partial charge in [0.05, 0.1) is 11.0 Å². The third kappa shape index (κ3) is 3.20. The summed E-state index contributed by atoms with van der Waals surface area (Å²) in [6.07, 6.45) is 4.54. The summed E-state index contributed by atoms with van der Waals surface area (Å²) in [5.74, 6) is -0.306. The van der Waals surface area contributed by atoms with E-state index in [0.717, 1.165) is 32.1 Å². The number of nitrogens with one attached hydrogen (secondary N) is 2. The van der Waals surface area contributed by atoms with Crippen LogP contribution in [0.3, 0.4) is 0 Å². The highest BCUT2D eigenvalue weighted by atomic mass is 16.5. The molecule has 0 aromatic rings. The first-order valence-corrected chi connectivity index (χ1v) is 8.31. The van der Waals surface area contributed by atoms with Crippen molar-refractivity contribution in [1.29, 1.82) is 0 Å². The van der Waals surface area contributed by atoms with Gasteiger partial charge in [-0.3, -0.25) is 14.9 Å². The number of amides is 3. The van der Waals surface area contributed by atoms with Crippen LogP contribution in [-0.2, 0) is 14.3 Å². The van der Waals surface area contributed by atoms with Gasteiger partial charge in [0.1, 0.15) is 0 Å². The molecule has 4 atom stereocenters. The second kappa shape index (κ2) is 5.78. The molecule has 0 aromatic heterocycles. The molecule has 0 spiro atoms. The van der Waals surface area contributed by atoms with Gasteiger partial charge in [0.25, 0.3) is 5.91 Å². The van der Waals surface area contributed by atoms with E-state index in [9.17, 15) is 19.5 Å². The van der Waals surface area contributed by atoms with E-state index < -0.39 is 35.5 Å². The Balaban J connectivity index is 1.56. The number of esters is 1. The second-order valence-corrected chi connectivity index (χ2v) is 7.45. The van der Waals surface area contributed by atoms with Gasteiger partial charge in [-0.25, -0.2) is 4.79 Å². The van der Waals surface area contributed by atoms with Crippen molar-refractivity contribution in [2.24, 2.45) is 17.3 Å². The minimum atomic E-state index is -0.744. The van der Waals surface area contributed by atoms with Gasteiger partial charge >= 0.3 is 12.0 Å². The SMILES string of the molecule is CCNC(=O)NC(=O)COC(=O)C12C[C@@H]3C[C@@H](CC(O)(C3)C1)C2. The average molecular weight is 324 g/mol. The van der Waals surface area contributed by atoms with Crippen molar-refractivity contribution in [2.45, 2.75) is 51.0 Å². The van der Waals surface area contributed by atoms with Gasteiger partial charge in [0.15, 0.2) is 6.61 Å². The Morgan fingerprint density at radius 2 is 1.83 bits per heavy atom. The first kappa shape index (κ1) is 16.2. The van der Waals surface area contributed by atoms with E-state index in [0.29, 0.717) is 24.8 Å². The molecule has 4 fully saturated rings. The lowest BCUT2D eigenvalue weighted by Crippen LogP contribution is -2.58. The topological polar surface area (TPSA) is 105 Å². The molecule has 4 aliphatic rings.